The van der Waals surface area contributed by atoms with Crippen molar-refractivity contribution >= 4 is 5.91 Å². The predicted octanol–water partition coefficient (Wildman–Crippen LogP) is 1.20. The normalized spacial score (nSPS) is 20.2. The van der Waals surface area contributed by atoms with Crippen molar-refractivity contribution in [2.75, 3.05) is 19.8 Å². The minimum absolute atomic E-state index is 0.152. The minimum Gasteiger partial charge on any atom is -0.343 e. The molecule has 1 aliphatic heterocycles. The van der Waals surface area contributed by atoms with Gasteiger partial charge in [0, 0.05) is 19.5 Å². The summed E-state index contributed by atoms with van der Waals surface area (Å²) in [6, 6.07) is 0. The molecular weight excluding hydrogens is 164 g/mol. The zero-order chi connectivity index (χ0) is 9.68. The second-order valence-electron chi connectivity index (χ2n) is 3.91. The molecule has 0 aromatic heterocycles. The van der Waals surface area contributed by atoms with Gasteiger partial charge in [0.05, 0.1) is 6.67 Å². The summed E-state index contributed by atoms with van der Waals surface area (Å²) in [6.45, 7) is 7.17. The van der Waals surface area contributed by atoms with Gasteiger partial charge in [0.2, 0.25) is 5.91 Å². The molecule has 1 amide bonds. The Hall–Kier alpha value is -0.570. The Kier molecular flexibility index (Phi) is 4.22. The number of likely N-dealkylation sites (tertiary alicyclic amines) is 1. The van der Waals surface area contributed by atoms with Crippen LogP contribution >= 0.6 is 0 Å². The molecule has 3 nitrogen and oxygen atoms in total. The summed E-state index contributed by atoms with van der Waals surface area (Å²) in [5, 5.41) is 2.90. The molecule has 1 heterocycles. The molecule has 0 aliphatic carbocycles. The summed E-state index contributed by atoms with van der Waals surface area (Å²) in [4.78, 5) is 13.3. The van der Waals surface area contributed by atoms with Crippen molar-refractivity contribution in [2.24, 2.45) is 5.92 Å². The van der Waals surface area contributed by atoms with Crippen LogP contribution in [0.1, 0.15) is 33.1 Å². The van der Waals surface area contributed by atoms with Crippen LogP contribution in [-0.2, 0) is 4.79 Å². The Bertz CT molecular complexity index is 162. The van der Waals surface area contributed by atoms with Gasteiger partial charge >= 0.3 is 0 Å². The van der Waals surface area contributed by atoms with E-state index in [9.17, 15) is 4.79 Å². The van der Waals surface area contributed by atoms with Crippen molar-refractivity contribution in [3.8, 4) is 0 Å². The predicted molar refractivity (Wildman–Crippen MR) is 53.3 cm³/mol. The Labute approximate surface area is 80.5 Å². The molecule has 0 unspecified atom stereocenters. The lowest BCUT2D eigenvalue weighted by molar-refractivity contribution is -0.121. The van der Waals surface area contributed by atoms with Gasteiger partial charge in [0.25, 0.3) is 0 Å². The number of hydrogen-bond donors (Lipinski definition) is 1. The maximum Gasteiger partial charge on any atom is 0.220 e. The summed E-state index contributed by atoms with van der Waals surface area (Å²) < 4.78 is 0. The van der Waals surface area contributed by atoms with E-state index in [4.69, 9.17) is 0 Å². The van der Waals surface area contributed by atoms with Crippen molar-refractivity contribution in [3.63, 3.8) is 0 Å². The topological polar surface area (TPSA) is 32.3 Å². The van der Waals surface area contributed by atoms with E-state index in [1.807, 2.05) is 6.92 Å². The number of carbonyl (C=O) groups excluding carboxylic acids is 1. The lowest BCUT2D eigenvalue weighted by Gasteiger charge is -2.30. The van der Waals surface area contributed by atoms with E-state index in [0.717, 1.165) is 25.7 Å². The molecule has 0 aromatic rings. The van der Waals surface area contributed by atoms with Crippen LogP contribution in [0.4, 0.5) is 0 Å². The third-order valence-corrected chi connectivity index (χ3v) is 2.70. The quantitative estimate of drug-likeness (QED) is 0.715. The number of piperidine rings is 1. The van der Waals surface area contributed by atoms with Gasteiger partial charge in [-0.15, -0.1) is 0 Å². The molecule has 3 heteroatoms. The van der Waals surface area contributed by atoms with Crippen molar-refractivity contribution in [2.45, 2.75) is 33.1 Å². The van der Waals surface area contributed by atoms with Crippen LogP contribution in [0.3, 0.4) is 0 Å². The molecule has 1 fully saturated rings. The van der Waals surface area contributed by atoms with Gasteiger partial charge in [0.1, 0.15) is 0 Å². The highest BCUT2D eigenvalue weighted by Gasteiger charge is 2.15. The lowest BCUT2D eigenvalue weighted by Crippen LogP contribution is -2.41. The largest absolute Gasteiger partial charge is 0.343 e. The standard InChI is InChI=1S/C10H20N2O/c1-3-10(13)11-8-12-6-4-9(2)5-7-12/h9H,3-8H2,1-2H3,(H,11,13). The smallest absolute Gasteiger partial charge is 0.220 e. The van der Waals surface area contributed by atoms with Gasteiger partial charge in [0.15, 0.2) is 0 Å². The highest BCUT2D eigenvalue weighted by molar-refractivity contribution is 5.75. The average Bonchev–Trinajstić information content (AvgIpc) is 2.16. The van der Waals surface area contributed by atoms with E-state index in [0.29, 0.717) is 6.42 Å². The third kappa shape index (κ3) is 3.77. The van der Waals surface area contributed by atoms with Crippen LogP contribution in [0, 0.1) is 5.92 Å². The molecular formula is C10H20N2O. The summed E-state index contributed by atoms with van der Waals surface area (Å²) >= 11 is 0. The Morgan fingerprint density at radius 3 is 2.62 bits per heavy atom. The molecule has 76 valence electrons. The van der Waals surface area contributed by atoms with Crippen molar-refractivity contribution in [1.29, 1.82) is 0 Å². The molecule has 0 atom stereocenters. The van der Waals surface area contributed by atoms with E-state index < -0.39 is 0 Å². The zero-order valence-electron chi connectivity index (χ0n) is 8.68. The number of carbonyl (C=O) groups is 1. The van der Waals surface area contributed by atoms with Crippen molar-refractivity contribution < 1.29 is 4.79 Å². The molecule has 1 N–H and O–H groups in total. The van der Waals surface area contributed by atoms with Gasteiger partial charge in [-0.3, -0.25) is 9.69 Å². The third-order valence-electron chi connectivity index (χ3n) is 2.70. The first-order valence-electron chi connectivity index (χ1n) is 5.21. The van der Waals surface area contributed by atoms with Gasteiger partial charge in [-0.1, -0.05) is 13.8 Å². The first kappa shape index (κ1) is 10.5. The highest BCUT2D eigenvalue weighted by Crippen LogP contribution is 2.14. The summed E-state index contributed by atoms with van der Waals surface area (Å²) in [6.07, 6.45) is 3.12. The van der Waals surface area contributed by atoms with Crippen LogP contribution in [-0.4, -0.2) is 30.6 Å². The van der Waals surface area contributed by atoms with E-state index >= 15 is 0 Å². The first-order valence-corrected chi connectivity index (χ1v) is 5.21. The number of nitrogens with one attached hydrogen (secondary N) is 1. The SMILES string of the molecule is CCC(=O)NCN1CCC(C)CC1. The van der Waals surface area contributed by atoms with E-state index in [1.165, 1.54) is 12.8 Å². The molecule has 0 aromatic carbocycles. The van der Waals surface area contributed by atoms with Crippen LogP contribution < -0.4 is 5.32 Å². The number of hydrogen-bond acceptors (Lipinski definition) is 2. The Balaban J connectivity index is 2.12. The van der Waals surface area contributed by atoms with Crippen LogP contribution in [0.15, 0.2) is 0 Å². The fraction of sp³-hybridized carbons (Fsp3) is 0.900. The average molecular weight is 184 g/mol. The molecule has 13 heavy (non-hydrogen) atoms. The maximum absolute atomic E-state index is 11.0. The minimum atomic E-state index is 0.152. The van der Waals surface area contributed by atoms with Crippen LogP contribution in [0.2, 0.25) is 0 Å². The second kappa shape index (κ2) is 5.22. The fourth-order valence-electron chi connectivity index (χ4n) is 1.55. The molecule has 0 radical (unpaired) electrons. The van der Waals surface area contributed by atoms with Crippen molar-refractivity contribution in [3.05, 3.63) is 0 Å². The molecule has 0 bridgehead atoms. The highest BCUT2D eigenvalue weighted by atomic mass is 16.1. The van der Waals surface area contributed by atoms with Gasteiger partial charge in [-0.25, -0.2) is 0 Å². The molecule has 0 saturated carbocycles. The lowest BCUT2D eigenvalue weighted by atomic mass is 10.00. The van der Waals surface area contributed by atoms with Crippen LogP contribution in [0.5, 0.6) is 0 Å². The maximum atomic E-state index is 11.0. The van der Waals surface area contributed by atoms with E-state index in [-0.39, 0.29) is 5.91 Å². The summed E-state index contributed by atoms with van der Waals surface area (Å²) in [7, 11) is 0. The monoisotopic (exact) mass is 184 g/mol. The summed E-state index contributed by atoms with van der Waals surface area (Å²) in [5.74, 6) is 1.01. The van der Waals surface area contributed by atoms with Gasteiger partial charge in [-0.05, 0) is 18.8 Å². The molecule has 1 aliphatic rings. The van der Waals surface area contributed by atoms with E-state index in [2.05, 4.69) is 17.1 Å². The van der Waals surface area contributed by atoms with Crippen LogP contribution in [0.25, 0.3) is 0 Å². The zero-order valence-corrected chi connectivity index (χ0v) is 8.68. The van der Waals surface area contributed by atoms with Crippen molar-refractivity contribution in [1.82, 2.24) is 10.2 Å². The number of nitrogens with zero attached hydrogens (tertiary/aromatic N) is 1. The molecule has 1 rings (SSSR count). The number of rotatable bonds is 3. The second-order valence-corrected chi connectivity index (χ2v) is 3.91. The summed E-state index contributed by atoms with van der Waals surface area (Å²) in [5.41, 5.74) is 0. The number of amides is 1. The van der Waals surface area contributed by atoms with Gasteiger partial charge < -0.3 is 5.32 Å². The Morgan fingerprint density at radius 1 is 1.46 bits per heavy atom. The molecule has 0 spiro atoms. The molecule has 1 saturated heterocycles. The van der Waals surface area contributed by atoms with E-state index in [1.54, 1.807) is 0 Å². The fourth-order valence-corrected chi connectivity index (χ4v) is 1.55. The Morgan fingerprint density at radius 2 is 2.08 bits per heavy atom. The first-order chi connectivity index (χ1) is 6.22. The van der Waals surface area contributed by atoms with Gasteiger partial charge in [-0.2, -0.15) is 0 Å².